The highest BCUT2D eigenvalue weighted by Gasteiger charge is 2.19. The van der Waals surface area contributed by atoms with Gasteiger partial charge in [-0.3, -0.25) is 4.79 Å². The maximum absolute atomic E-state index is 12.3. The number of carbonyl (C=O) groups is 1. The molecule has 0 aliphatic carbocycles. The molecule has 0 amide bonds. The summed E-state index contributed by atoms with van der Waals surface area (Å²) >= 11 is 7.29. The van der Waals surface area contributed by atoms with E-state index in [1.807, 2.05) is 25.5 Å². The summed E-state index contributed by atoms with van der Waals surface area (Å²) in [6.45, 7) is 3.73. The summed E-state index contributed by atoms with van der Waals surface area (Å²) < 4.78 is 1.87. The number of aromatic nitrogens is 3. The highest BCUT2D eigenvalue weighted by Crippen LogP contribution is 2.24. The minimum Gasteiger partial charge on any atom is -0.309 e. The lowest BCUT2D eigenvalue weighted by Crippen LogP contribution is -2.14. The number of hydrogen-bond donors (Lipinski definition) is 0. The second-order valence-electron chi connectivity index (χ2n) is 4.22. The van der Waals surface area contributed by atoms with Gasteiger partial charge in [0.15, 0.2) is 10.9 Å². The summed E-state index contributed by atoms with van der Waals surface area (Å²) in [5, 5.41) is 9.09. The molecule has 19 heavy (non-hydrogen) atoms. The van der Waals surface area contributed by atoms with E-state index < -0.39 is 0 Å². The zero-order valence-electron chi connectivity index (χ0n) is 10.9. The van der Waals surface area contributed by atoms with Crippen LogP contribution in [0.15, 0.2) is 29.4 Å². The van der Waals surface area contributed by atoms with E-state index in [4.69, 9.17) is 11.6 Å². The number of Topliss-reactive ketones (excluding diaryl/α,β-unsaturated/α-hetero) is 1. The van der Waals surface area contributed by atoms with Crippen molar-refractivity contribution in [3.63, 3.8) is 0 Å². The number of thioether (sulfide) groups is 1. The van der Waals surface area contributed by atoms with E-state index in [0.717, 1.165) is 11.0 Å². The SMILES string of the molecule is Cc1nnc(S[C@@H](C)C(=O)c2cccc(Cl)c2)n1C. The molecular weight excluding hydrogens is 282 g/mol. The fourth-order valence-electron chi connectivity index (χ4n) is 1.58. The number of carbonyl (C=O) groups excluding carboxylic acids is 1. The number of halogens is 1. The third-order valence-corrected chi connectivity index (χ3v) is 4.18. The minimum absolute atomic E-state index is 0.0353. The Morgan fingerprint density at radius 3 is 2.74 bits per heavy atom. The van der Waals surface area contributed by atoms with Crippen LogP contribution < -0.4 is 0 Å². The van der Waals surface area contributed by atoms with Gasteiger partial charge in [-0.15, -0.1) is 10.2 Å². The molecule has 100 valence electrons. The molecule has 0 radical (unpaired) electrons. The van der Waals surface area contributed by atoms with Gasteiger partial charge in [0.25, 0.3) is 0 Å². The van der Waals surface area contributed by atoms with Gasteiger partial charge in [0.1, 0.15) is 5.82 Å². The van der Waals surface area contributed by atoms with Gasteiger partial charge in [0.2, 0.25) is 0 Å². The first-order valence-electron chi connectivity index (χ1n) is 5.81. The molecular formula is C13H14ClN3OS. The van der Waals surface area contributed by atoms with Gasteiger partial charge in [0.05, 0.1) is 5.25 Å². The number of rotatable bonds is 4. The first kappa shape index (κ1) is 14.1. The van der Waals surface area contributed by atoms with Crippen molar-refractivity contribution in [2.45, 2.75) is 24.3 Å². The Kier molecular flexibility index (Phi) is 4.27. The van der Waals surface area contributed by atoms with Gasteiger partial charge in [-0.1, -0.05) is 35.5 Å². The second kappa shape index (κ2) is 5.75. The smallest absolute Gasteiger partial charge is 0.191 e. The number of hydrogen-bond acceptors (Lipinski definition) is 4. The van der Waals surface area contributed by atoms with E-state index in [1.54, 1.807) is 24.3 Å². The van der Waals surface area contributed by atoms with Gasteiger partial charge in [-0.2, -0.15) is 0 Å². The van der Waals surface area contributed by atoms with E-state index >= 15 is 0 Å². The van der Waals surface area contributed by atoms with Crippen LogP contribution in [0.5, 0.6) is 0 Å². The molecule has 6 heteroatoms. The average Bonchev–Trinajstić information content (AvgIpc) is 2.70. The molecule has 0 aliphatic rings. The number of aryl methyl sites for hydroxylation is 1. The maximum atomic E-state index is 12.3. The second-order valence-corrected chi connectivity index (χ2v) is 5.97. The third-order valence-electron chi connectivity index (χ3n) is 2.81. The summed E-state index contributed by atoms with van der Waals surface area (Å²) in [5.74, 6) is 0.859. The summed E-state index contributed by atoms with van der Waals surface area (Å²) in [6, 6.07) is 6.98. The average molecular weight is 296 g/mol. The quantitative estimate of drug-likeness (QED) is 0.642. The fraction of sp³-hybridized carbons (Fsp3) is 0.308. The molecule has 1 atom stereocenters. The van der Waals surface area contributed by atoms with E-state index in [2.05, 4.69) is 10.2 Å². The minimum atomic E-state index is -0.235. The molecule has 1 heterocycles. The van der Waals surface area contributed by atoms with Crippen LogP contribution in [0.25, 0.3) is 0 Å². The molecule has 1 aromatic heterocycles. The van der Waals surface area contributed by atoms with Gasteiger partial charge < -0.3 is 4.57 Å². The van der Waals surface area contributed by atoms with E-state index in [9.17, 15) is 4.79 Å². The summed E-state index contributed by atoms with van der Waals surface area (Å²) in [6.07, 6.45) is 0. The molecule has 2 rings (SSSR count). The van der Waals surface area contributed by atoms with Crippen molar-refractivity contribution in [2.75, 3.05) is 0 Å². The molecule has 1 aromatic carbocycles. The standard InChI is InChI=1S/C13H14ClN3OS/c1-8(19-13-16-15-9(2)17(13)3)12(18)10-5-4-6-11(14)7-10/h4-8H,1-3H3/t8-/m0/s1. The normalized spacial score (nSPS) is 12.4. The lowest BCUT2D eigenvalue weighted by Gasteiger charge is -2.09. The number of nitrogens with zero attached hydrogens (tertiary/aromatic N) is 3. The zero-order chi connectivity index (χ0) is 14.0. The van der Waals surface area contributed by atoms with Crippen LogP contribution in [-0.2, 0) is 7.05 Å². The highest BCUT2D eigenvalue weighted by atomic mass is 35.5. The molecule has 0 aliphatic heterocycles. The van der Waals surface area contributed by atoms with Crippen molar-refractivity contribution in [2.24, 2.45) is 7.05 Å². The molecule has 4 nitrogen and oxygen atoms in total. The summed E-state index contributed by atoms with van der Waals surface area (Å²) in [7, 11) is 1.88. The summed E-state index contributed by atoms with van der Waals surface area (Å²) in [4.78, 5) is 12.3. The van der Waals surface area contributed by atoms with Crippen LogP contribution in [0.1, 0.15) is 23.1 Å². The predicted molar refractivity (Wildman–Crippen MR) is 76.8 cm³/mol. The molecule has 0 saturated carbocycles. The Balaban J connectivity index is 2.14. The van der Waals surface area contributed by atoms with Crippen LogP contribution in [-0.4, -0.2) is 25.8 Å². The van der Waals surface area contributed by atoms with Crippen molar-refractivity contribution < 1.29 is 4.79 Å². The van der Waals surface area contributed by atoms with E-state index in [0.29, 0.717) is 10.6 Å². The van der Waals surface area contributed by atoms with Crippen molar-refractivity contribution in [1.82, 2.24) is 14.8 Å². The van der Waals surface area contributed by atoms with Crippen LogP contribution in [0, 0.1) is 6.92 Å². The lowest BCUT2D eigenvalue weighted by atomic mass is 10.1. The zero-order valence-corrected chi connectivity index (χ0v) is 12.5. The van der Waals surface area contributed by atoms with E-state index in [-0.39, 0.29) is 11.0 Å². The van der Waals surface area contributed by atoms with Crippen LogP contribution in [0.4, 0.5) is 0 Å². The van der Waals surface area contributed by atoms with Gasteiger partial charge >= 0.3 is 0 Å². The van der Waals surface area contributed by atoms with Gasteiger partial charge in [-0.05, 0) is 26.0 Å². The Morgan fingerprint density at radius 1 is 1.42 bits per heavy atom. The van der Waals surface area contributed by atoms with Crippen molar-refractivity contribution in [1.29, 1.82) is 0 Å². The predicted octanol–water partition coefficient (Wildman–Crippen LogP) is 3.14. The lowest BCUT2D eigenvalue weighted by molar-refractivity contribution is 0.0994. The first-order chi connectivity index (χ1) is 8.99. The molecule has 0 spiro atoms. The summed E-state index contributed by atoms with van der Waals surface area (Å²) in [5.41, 5.74) is 0.617. The molecule has 2 aromatic rings. The maximum Gasteiger partial charge on any atom is 0.191 e. The van der Waals surface area contributed by atoms with Crippen molar-refractivity contribution in [3.05, 3.63) is 40.7 Å². The molecule has 0 bridgehead atoms. The molecule has 0 fully saturated rings. The topological polar surface area (TPSA) is 47.8 Å². The fourth-order valence-corrected chi connectivity index (χ4v) is 2.71. The molecule has 0 unspecified atom stereocenters. The van der Waals surface area contributed by atoms with Crippen LogP contribution in [0.3, 0.4) is 0 Å². The monoisotopic (exact) mass is 295 g/mol. The highest BCUT2D eigenvalue weighted by molar-refractivity contribution is 8.00. The first-order valence-corrected chi connectivity index (χ1v) is 7.07. The van der Waals surface area contributed by atoms with Crippen LogP contribution >= 0.6 is 23.4 Å². The number of benzene rings is 1. The molecule has 0 N–H and O–H groups in total. The third kappa shape index (κ3) is 3.16. The van der Waals surface area contributed by atoms with Crippen LogP contribution in [0.2, 0.25) is 5.02 Å². The Morgan fingerprint density at radius 2 is 2.16 bits per heavy atom. The van der Waals surface area contributed by atoms with Gasteiger partial charge in [-0.25, -0.2) is 0 Å². The molecule has 0 saturated heterocycles. The Hall–Kier alpha value is -1.33. The number of ketones is 1. The Bertz CT molecular complexity index is 612. The Labute approximate surface area is 121 Å². The van der Waals surface area contributed by atoms with E-state index in [1.165, 1.54) is 11.8 Å². The van der Waals surface area contributed by atoms with Crippen molar-refractivity contribution >= 4 is 29.1 Å². The van der Waals surface area contributed by atoms with Crippen molar-refractivity contribution in [3.8, 4) is 0 Å². The van der Waals surface area contributed by atoms with Gasteiger partial charge in [0, 0.05) is 17.6 Å². The largest absolute Gasteiger partial charge is 0.309 e.